The third kappa shape index (κ3) is 6.18. The molecular formula is C25H29Cl2N5O. The van der Waals surface area contributed by atoms with Crippen LogP contribution in [0.5, 0.6) is 5.75 Å². The van der Waals surface area contributed by atoms with Crippen LogP contribution in [0.4, 0.5) is 28.8 Å². The molecule has 0 atom stereocenters. The fourth-order valence-corrected chi connectivity index (χ4v) is 3.54. The molecule has 2 N–H and O–H groups in total. The van der Waals surface area contributed by atoms with Crippen LogP contribution in [0, 0.1) is 0 Å². The molecular weight excluding hydrogens is 457 g/mol. The van der Waals surface area contributed by atoms with Crippen LogP contribution in [0.3, 0.4) is 0 Å². The Kier molecular flexibility index (Phi) is 9.57. The van der Waals surface area contributed by atoms with Crippen molar-refractivity contribution >= 4 is 64.5 Å². The van der Waals surface area contributed by atoms with Crippen molar-refractivity contribution < 1.29 is 4.74 Å². The van der Waals surface area contributed by atoms with Crippen molar-refractivity contribution in [2.45, 2.75) is 13.8 Å². The third-order valence-electron chi connectivity index (χ3n) is 5.19. The second-order valence-electron chi connectivity index (χ2n) is 7.11. The van der Waals surface area contributed by atoms with Gasteiger partial charge in [0.15, 0.2) is 0 Å². The maximum atomic E-state index is 5.34. The Morgan fingerprint density at radius 2 is 1.52 bits per heavy atom. The Balaban J connectivity index is 0.00000193. The summed E-state index contributed by atoms with van der Waals surface area (Å²) in [5, 5.41) is 7.70. The number of nitrogens with zero attached hydrogens (tertiary/aromatic N) is 3. The summed E-state index contributed by atoms with van der Waals surface area (Å²) < 4.78 is 5.34. The first kappa shape index (κ1) is 26.0. The molecule has 0 amide bonds. The highest BCUT2D eigenvalue weighted by Gasteiger charge is 2.09. The maximum absolute atomic E-state index is 5.34. The average molecular weight is 486 g/mol. The monoisotopic (exact) mass is 485 g/mol. The van der Waals surface area contributed by atoms with Crippen molar-refractivity contribution in [1.82, 2.24) is 9.97 Å². The summed E-state index contributed by atoms with van der Waals surface area (Å²) in [4.78, 5) is 11.8. The minimum absolute atomic E-state index is 0. The Hall–Kier alpha value is -3.22. The summed E-state index contributed by atoms with van der Waals surface area (Å²) in [6.07, 6.45) is 0. The van der Waals surface area contributed by atoms with Gasteiger partial charge < -0.3 is 20.3 Å². The molecule has 0 saturated heterocycles. The van der Waals surface area contributed by atoms with Gasteiger partial charge in [-0.2, -0.15) is 4.98 Å². The second kappa shape index (κ2) is 12.1. The van der Waals surface area contributed by atoms with Gasteiger partial charge in [0.05, 0.1) is 12.6 Å². The number of rotatable bonds is 8. The number of hydrogen-bond donors (Lipinski definition) is 2. The third-order valence-corrected chi connectivity index (χ3v) is 5.19. The molecule has 0 radical (unpaired) electrons. The number of fused-ring (bicyclic) bond motifs is 1. The van der Waals surface area contributed by atoms with Gasteiger partial charge in [-0.15, -0.1) is 24.8 Å². The zero-order valence-corrected chi connectivity index (χ0v) is 20.5. The smallest absolute Gasteiger partial charge is 0.229 e. The number of ether oxygens (including phenoxy) is 1. The predicted octanol–water partition coefficient (Wildman–Crippen LogP) is 6.82. The number of para-hydroxylation sites is 1. The van der Waals surface area contributed by atoms with Crippen LogP contribution >= 0.6 is 24.8 Å². The molecule has 4 aromatic rings. The van der Waals surface area contributed by atoms with E-state index in [0.717, 1.165) is 46.9 Å². The van der Waals surface area contributed by atoms with E-state index in [1.807, 2.05) is 48.5 Å². The molecule has 8 heteroatoms. The topological polar surface area (TPSA) is 62.3 Å². The van der Waals surface area contributed by atoms with Gasteiger partial charge in [0, 0.05) is 41.6 Å². The molecule has 33 heavy (non-hydrogen) atoms. The lowest BCUT2D eigenvalue weighted by Gasteiger charge is -2.21. The molecule has 1 heterocycles. The number of aromatic nitrogens is 2. The Bertz CT molecular complexity index is 1170. The van der Waals surface area contributed by atoms with E-state index in [1.165, 1.54) is 5.69 Å². The summed E-state index contributed by atoms with van der Waals surface area (Å²) in [5.74, 6) is 2.07. The molecule has 6 nitrogen and oxygen atoms in total. The molecule has 0 saturated carbocycles. The normalized spacial score (nSPS) is 10.0. The van der Waals surface area contributed by atoms with Crippen molar-refractivity contribution in [1.29, 1.82) is 0 Å². The van der Waals surface area contributed by atoms with Gasteiger partial charge in [-0.1, -0.05) is 18.2 Å². The van der Waals surface area contributed by atoms with Gasteiger partial charge in [-0.05, 0) is 62.4 Å². The van der Waals surface area contributed by atoms with Gasteiger partial charge in [0.25, 0.3) is 0 Å². The maximum Gasteiger partial charge on any atom is 0.229 e. The molecule has 3 aromatic carbocycles. The van der Waals surface area contributed by atoms with Crippen LogP contribution in [0.2, 0.25) is 0 Å². The lowest BCUT2D eigenvalue weighted by atomic mass is 10.2. The van der Waals surface area contributed by atoms with E-state index in [1.54, 1.807) is 7.11 Å². The van der Waals surface area contributed by atoms with Crippen molar-refractivity contribution in [3.63, 3.8) is 0 Å². The molecule has 0 spiro atoms. The van der Waals surface area contributed by atoms with E-state index in [4.69, 9.17) is 14.7 Å². The largest absolute Gasteiger partial charge is 0.497 e. The SMILES string of the molecule is CCN(CC)c1ccc(Nc2nc(Nc3cccc(OC)c3)c3ccccc3n2)cc1.Cl.Cl. The molecule has 0 aliphatic rings. The molecule has 0 unspecified atom stereocenters. The summed E-state index contributed by atoms with van der Waals surface area (Å²) in [6, 6.07) is 24.1. The van der Waals surface area contributed by atoms with Crippen molar-refractivity contribution in [3.8, 4) is 5.75 Å². The minimum Gasteiger partial charge on any atom is -0.497 e. The van der Waals surface area contributed by atoms with E-state index in [9.17, 15) is 0 Å². The zero-order chi connectivity index (χ0) is 21.6. The van der Waals surface area contributed by atoms with Crippen LogP contribution in [-0.4, -0.2) is 30.2 Å². The van der Waals surface area contributed by atoms with E-state index in [-0.39, 0.29) is 24.8 Å². The highest BCUT2D eigenvalue weighted by Crippen LogP contribution is 2.28. The van der Waals surface area contributed by atoms with E-state index in [0.29, 0.717) is 5.95 Å². The second-order valence-corrected chi connectivity index (χ2v) is 7.11. The number of nitrogens with one attached hydrogen (secondary N) is 2. The summed E-state index contributed by atoms with van der Waals surface area (Å²) in [7, 11) is 1.66. The van der Waals surface area contributed by atoms with Gasteiger partial charge in [0.1, 0.15) is 11.6 Å². The van der Waals surface area contributed by atoms with Crippen LogP contribution < -0.4 is 20.3 Å². The van der Waals surface area contributed by atoms with Gasteiger partial charge in [-0.3, -0.25) is 0 Å². The number of anilines is 5. The van der Waals surface area contributed by atoms with Gasteiger partial charge >= 0.3 is 0 Å². The van der Waals surface area contributed by atoms with Crippen LogP contribution in [-0.2, 0) is 0 Å². The highest BCUT2D eigenvalue weighted by atomic mass is 35.5. The van der Waals surface area contributed by atoms with Crippen molar-refractivity contribution in [2.24, 2.45) is 0 Å². The van der Waals surface area contributed by atoms with Crippen molar-refractivity contribution in [3.05, 3.63) is 72.8 Å². The Morgan fingerprint density at radius 1 is 0.788 bits per heavy atom. The first-order chi connectivity index (χ1) is 15.2. The molecule has 4 rings (SSSR count). The Morgan fingerprint density at radius 3 is 2.21 bits per heavy atom. The van der Waals surface area contributed by atoms with Crippen molar-refractivity contribution in [2.75, 3.05) is 35.7 Å². The lowest BCUT2D eigenvalue weighted by Crippen LogP contribution is -2.21. The van der Waals surface area contributed by atoms with Gasteiger partial charge in [-0.25, -0.2) is 4.98 Å². The molecule has 0 fully saturated rings. The van der Waals surface area contributed by atoms with E-state index < -0.39 is 0 Å². The molecule has 0 aliphatic heterocycles. The molecule has 1 aromatic heterocycles. The lowest BCUT2D eigenvalue weighted by molar-refractivity contribution is 0.415. The van der Waals surface area contributed by atoms with E-state index in [2.05, 4.69) is 53.6 Å². The first-order valence-electron chi connectivity index (χ1n) is 10.5. The van der Waals surface area contributed by atoms with Crippen LogP contribution in [0.1, 0.15) is 13.8 Å². The van der Waals surface area contributed by atoms with Gasteiger partial charge in [0.2, 0.25) is 5.95 Å². The fraction of sp³-hybridized carbons (Fsp3) is 0.200. The zero-order valence-electron chi connectivity index (χ0n) is 18.9. The number of hydrogen-bond acceptors (Lipinski definition) is 6. The standard InChI is InChI=1S/C25H27N5O.2ClH/c1-4-30(5-2)20-15-13-18(14-16-20)27-25-28-23-12-7-6-11-22(23)24(29-25)26-19-9-8-10-21(17-19)31-3;;/h6-17H,4-5H2,1-3H3,(H2,26,27,28,29);2*1H. The van der Waals surface area contributed by atoms with Crippen LogP contribution in [0.25, 0.3) is 10.9 Å². The first-order valence-corrected chi connectivity index (χ1v) is 10.5. The van der Waals surface area contributed by atoms with E-state index >= 15 is 0 Å². The highest BCUT2D eigenvalue weighted by molar-refractivity contribution is 5.92. The molecule has 0 aliphatic carbocycles. The minimum atomic E-state index is 0. The summed E-state index contributed by atoms with van der Waals surface area (Å²) in [6.45, 7) is 6.29. The molecule has 0 bridgehead atoms. The molecule has 174 valence electrons. The van der Waals surface area contributed by atoms with Crippen LogP contribution in [0.15, 0.2) is 72.8 Å². The number of methoxy groups -OCH3 is 1. The average Bonchev–Trinajstić information content (AvgIpc) is 2.81. The number of halogens is 2. The summed E-state index contributed by atoms with van der Waals surface area (Å²) in [5.41, 5.74) is 3.91. The quantitative estimate of drug-likeness (QED) is 0.285. The fourth-order valence-electron chi connectivity index (χ4n) is 3.54. The predicted molar refractivity (Wildman–Crippen MR) is 144 cm³/mol. The number of benzene rings is 3. The Labute approximate surface area is 207 Å². The summed E-state index contributed by atoms with van der Waals surface area (Å²) >= 11 is 0.